The highest BCUT2D eigenvalue weighted by Crippen LogP contribution is 2.26. The Labute approximate surface area is 166 Å². The van der Waals surface area contributed by atoms with Crippen molar-refractivity contribution in [1.82, 2.24) is 15.7 Å². The number of ether oxygens (including phenoxy) is 2. The number of rotatable bonds is 5. The lowest BCUT2D eigenvalue weighted by Gasteiger charge is -2.30. The Morgan fingerprint density at radius 3 is 2.59 bits per heavy atom. The zero-order valence-corrected chi connectivity index (χ0v) is 16.4. The number of nitrogens with zero attached hydrogens (tertiary/aromatic N) is 1. The Morgan fingerprint density at radius 1 is 1.21 bits per heavy atom. The van der Waals surface area contributed by atoms with Gasteiger partial charge in [0, 0.05) is 24.2 Å². The highest BCUT2D eigenvalue weighted by atomic mass is 19.4. The van der Waals surface area contributed by atoms with Crippen LogP contribution in [0.2, 0.25) is 0 Å². The number of carbonyl (C=O) groups excluding carboxylic acids is 2. The third-order valence-electron chi connectivity index (χ3n) is 4.04. The van der Waals surface area contributed by atoms with E-state index in [9.17, 15) is 22.8 Å². The second-order valence-electron chi connectivity index (χ2n) is 7.75. The predicted molar refractivity (Wildman–Crippen MR) is 97.8 cm³/mol. The molecule has 3 N–H and O–H groups in total. The van der Waals surface area contributed by atoms with Gasteiger partial charge in [0.1, 0.15) is 17.2 Å². The molecule has 0 aromatic carbocycles. The average molecular weight is 418 g/mol. The quantitative estimate of drug-likeness (QED) is 0.633. The molecule has 1 aliphatic carbocycles. The van der Waals surface area contributed by atoms with Crippen LogP contribution < -0.4 is 20.9 Å². The zero-order valence-electron chi connectivity index (χ0n) is 16.4. The largest absolute Gasteiger partial charge is 0.573 e. The maximum Gasteiger partial charge on any atom is 0.573 e. The number of carbonyl (C=O) groups is 2. The van der Waals surface area contributed by atoms with Gasteiger partial charge in [-0.15, -0.1) is 13.2 Å². The van der Waals surface area contributed by atoms with Gasteiger partial charge in [0.05, 0.1) is 0 Å². The summed E-state index contributed by atoms with van der Waals surface area (Å²) in [5.74, 6) is -1.17. The third kappa shape index (κ3) is 8.44. The number of alkyl halides is 3. The standard InChI is InChI=1S/C18H25F3N4O4/c1-17(2,3)29-16(27)23-12-6-4-5-11(9-12)15(26)25-24-14-10-13(7-8-22-14)28-18(19,20)21/h7-8,10-12H,4-6,9H2,1-3H3,(H,22,24)(H,23,27)(H,25,26)/t11-,12+/m0/s1. The minimum atomic E-state index is -4.82. The van der Waals surface area contributed by atoms with Crippen LogP contribution in [-0.4, -0.2) is 35.0 Å². The first kappa shape index (κ1) is 22.6. The van der Waals surface area contributed by atoms with Crippen LogP contribution in [0.5, 0.6) is 5.75 Å². The SMILES string of the molecule is CC(C)(C)OC(=O)N[C@@H]1CCC[C@H](C(=O)NNc2cc(OC(F)(F)F)ccn2)C1. The molecule has 1 saturated carbocycles. The molecule has 162 valence electrons. The molecule has 0 aliphatic heterocycles. The van der Waals surface area contributed by atoms with Crippen LogP contribution in [0.25, 0.3) is 0 Å². The highest BCUT2D eigenvalue weighted by molar-refractivity contribution is 5.80. The van der Waals surface area contributed by atoms with Gasteiger partial charge in [-0.1, -0.05) is 6.42 Å². The summed E-state index contributed by atoms with van der Waals surface area (Å²) in [7, 11) is 0. The minimum Gasteiger partial charge on any atom is -0.444 e. The van der Waals surface area contributed by atoms with E-state index in [1.54, 1.807) is 20.8 Å². The van der Waals surface area contributed by atoms with E-state index < -0.39 is 23.8 Å². The van der Waals surface area contributed by atoms with Crippen molar-refractivity contribution in [1.29, 1.82) is 0 Å². The molecule has 1 aromatic rings. The van der Waals surface area contributed by atoms with E-state index in [1.807, 2.05) is 0 Å². The fourth-order valence-corrected chi connectivity index (χ4v) is 2.94. The van der Waals surface area contributed by atoms with E-state index in [-0.39, 0.29) is 23.7 Å². The van der Waals surface area contributed by atoms with Gasteiger partial charge in [0.2, 0.25) is 5.91 Å². The summed E-state index contributed by atoms with van der Waals surface area (Å²) >= 11 is 0. The fraction of sp³-hybridized carbons (Fsp3) is 0.611. The summed E-state index contributed by atoms with van der Waals surface area (Å²) in [5.41, 5.74) is 4.31. The lowest BCUT2D eigenvalue weighted by atomic mass is 9.85. The molecule has 1 aliphatic rings. The summed E-state index contributed by atoms with van der Waals surface area (Å²) in [4.78, 5) is 28.1. The lowest BCUT2D eigenvalue weighted by molar-refractivity contribution is -0.274. The van der Waals surface area contributed by atoms with Gasteiger partial charge in [-0.3, -0.25) is 15.6 Å². The molecule has 8 nitrogen and oxygen atoms in total. The first-order valence-corrected chi connectivity index (χ1v) is 9.18. The maximum atomic E-state index is 12.4. The Morgan fingerprint density at radius 2 is 1.93 bits per heavy atom. The van der Waals surface area contributed by atoms with Gasteiger partial charge in [-0.05, 0) is 46.1 Å². The third-order valence-corrected chi connectivity index (χ3v) is 4.04. The minimum absolute atomic E-state index is 0.000612. The lowest BCUT2D eigenvalue weighted by Crippen LogP contribution is -2.45. The van der Waals surface area contributed by atoms with Crippen molar-refractivity contribution < 1.29 is 32.2 Å². The predicted octanol–water partition coefficient (Wildman–Crippen LogP) is 3.51. The van der Waals surface area contributed by atoms with Crippen molar-refractivity contribution in [2.45, 2.75) is 64.5 Å². The van der Waals surface area contributed by atoms with Crippen molar-refractivity contribution in [3.05, 3.63) is 18.3 Å². The number of halogens is 3. The molecular weight excluding hydrogens is 393 g/mol. The highest BCUT2D eigenvalue weighted by Gasteiger charge is 2.31. The Hall–Kier alpha value is -2.72. The number of aromatic nitrogens is 1. The first-order chi connectivity index (χ1) is 13.4. The molecule has 2 atom stereocenters. The van der Waals surface area contributed by atoms with Crippen LogP contribution in [0.4, 0.5) is 23.8 Å². The van der Waals surface area contributed by atoms with E-state index in [4.69, 9.17) is 4.74 Å². The second-order valence-corrected chi connectivity index (χ2v) is 7.75. The molecule has 1 fully saturated rings. The molecule has 1 aromatic heterocycles. The number of hydrogen-bond donors (Lipinski definition) is 3. The summed E-state index contributed by atoms with van der Waals surface area (Å²) in [6, 6.07) is 1.87. The normalized spacial score (nSPS) is 19.8. The van der Waals surface area contributed by atoms with Gasteiger partial charge in [-0.25, -0.2) is 9.78 Å². The topological polar surface area (TPSA) is 102 Å². The van der Waals surface area contributed by atoms with Crippen molar-refractivity contribution in [2.75, 3.05) is 5.43 Å². The summed E-state index contributed by atoms with van der Waals surface area (Å²) in [6.45, 7) is 5.29. The zero-order chi connectivity index (χ0) is 21.7. The van der Waals surface area contributed by atoms with Crippen molar-refractivity contribution in [2.24, 2.45) is 5.92 Å². The molecule has 29 heavy (non-hydrogen) atoms. The number of alkyl carbamates (subject to hydrolysis) is 1. The summed E-state index contributed by atoms with van der Waals surface area (Å²) in [5, 5.41) is 2.77. The van der Waals surface area contributed by atoms with E-state index in [0.29, 0.717) is 12.8 Å². The van der Waals surface area contributed by atoms with E-state index in [2.05, 4.69) is 25.9 Å². The second kappa shape index (κ2) is 9.19. The Balaban J connectivity index is 1.84. The Kier molecular flexibility index (Phi) is 7.15. The first-order valence-electron chi connectivity index (χ1n) is 9.18. The van der Waals surface area contributed by atoms with Crippen LogP contribution >= 0.6 is 0 Å². The number of anilines is 1. The molecule has 11 heteroatoms. The molecule has 0 bridgehead atoms. The summed E-state index contributed by atoms with van der Waals surface area (Å²) in [6.07, 6.45) is -1.70. The van der Waals surface area contributed by atoms with E-state index in [1.165, 1.54) is 0 Å². The van der Waals surface area contributed by atoms with Crippen LogP contribution in [0, 0.1) is 5.92 Å². The molecule has 0 unspecified atom stereocenters. The van der Waals surface area contributed by atoms with Gasteiger partial charge >= 0.3 is 12.5 Å². The van der Waals surface area contributed by atoms with Crippen molar-refractivity contribution in [3.63, 3.8) is 0 Å². The van der Waals surface area contributed by atoms with Gasteiger partial charge in [-0.2, -0.15) is 0 Å². The van der Waals surface area contributed by atoms with Gasteiger partial charge < -0.3 is 14.8 Å². The smallest absolute Gasteiger partial charge is 0.444 e. The van der Waals surface area contributed by atoms with Crippen LogP contribution in [0.15, 0.2) is 18.3 Å². The van der Waals surface area contributed by atoms with Crippen molar-refractivity contribution >= 4 is 17.8 Å². The molecule has 0 saturated heterocycles. The van der Waals surface area contributed by atoms with E-state index in [0.717, 1.165) is 31.2 Å². The number of pyridine rings is 1. The average Bonchev–Trinajstić information content (AvgIpc) is 2.57. The molecule has 2 rings (SSSR count). The van der Waals surface area contributed by atoms with E-state index >= 15 is 0 Å². The van der Waals surface area contributed by atoms with Crippen LogP contribution in [0.1, 0.15) is 46.5 Å². The van der Waals surface area contributed by atoms with Crippen molar-refractivity contribution in [3.8, 4) is 5.75 Å². The number of hydrogen-bond acceptors (Lipinski definition) is 6. The Bertz CT molecular complexity index is 722. The number of amides is 2. The van der Waals surface area contributed by atoms with Gasteiger partial charge in [0.15, 0.2) is 0 Å². The molecular formula is C18H25F3N4O4. The van der Waals surface area contributed by atoms with Crippen LogP contribution in [0.3, 0.4) is 0 Å². The molecule has 0 spiro atoms. The molecule has 2 amide bonds. The fourth-order valence-electron chi connectivity index (χ4n) is 2.94. The molecule has 1 heterocycles. The summed E-state index contributed by atoms with van der Waals surface area (Å²) < 4.78 is 45.9. The van der Waals surface area contributed by atoms with Crippen LogP contribution in [-0.2, 0) is 9.53 Å². The number of nitrogens with one attached hydrogen (secondary N) is 3. The molecule has 0 radical (unpaired) electrons. The monoisotopic (exact) mass is 418 g/mol. The van der Waals surface area contributed by atoms with Gasteiger partial charge in [0.25, 0.3) is 0 Å². The number of hydrazine groups is 1. The maximum absolute atomic E-state index is 12.4.